The summed E-state index contributed by atoms with van der Waals surface area (Å²) in [7, 11) is 0. The van der Waals surface area contributed by atoms with E-state index >= 15 is 0 Å². The number of carbonyl (C=O) groups is 1. The summed E-state index contributed by atoms with van der Waals surface area (Å²) in [5.41, 5.74) is 0. The SMILES string of the molecule is CC(C)N(c1nccs1)C(C)C(=O)O. The molecule has 0 amide bonds. The lowest BCUT2D eigenvalue weighted by Gasteiger charge is -2.29. The van der Waals surface area contributed by atoms with E-state index in [2.05, 4.69) is 4.98 Å². The topological polar surface area (TPSA) is 53.4 Å². The summed E-state index contributed by atoms with van der Waals surface area (Å²) in [5.74, 6) is -0.825. The molecule has 4 nitrogen and oxygen atoms in total. The van der Waals surface area contributed by atoms with Crippen molar-refractivity contribution in [2.75, 3.05) is 4.90 Å². The van der Waals surface area contributed by atoms with Crippen LogP contribution in [0.1, 0.15) is 20.8 Å². The van der Waals surface area contributed by atoms with Gasteiger partial charge in [-0.15, -0.1) is 11.3 Å². The van der Waals surface area contributed by atoms with Crippen LogP contribution in [0.5, 0.6) is 0 Å². The minimum absolute atomic E-state index is 0.132. The lowest BCUT2D eigenvalue weighted by Crippen LogP contribution is -2.43. The van der Waals surface area contributed by atoms with Crippen molar-refractivity contribution < 1.29 is 9.90 Å². The van der Waals surface area contributed by atoms with Crippen LogP contribution in [0.15, 0.2) is 11.6 Å². The van der Waals surface area contributed by atoms with Gasteiger partial charge >= 0.3 is 5.97 Å². The second-order valence-electron chi connectivity index (χ2n) is 3.33. The Morgan fingerprint density at radius 1 is 1.57 bits per heavy atom. The summed E-state index contributed by atoms with van der Waals surface area (Å²) in [4.78, 5) is 16.8. The van der Waals surface area contributed by atoms with Gasteiger partial charge in [-0.3, -0.25) is 0 Å². The molecule has 0 radical (unpaired) electrons. The van der Waals surface area contributed by atoms with E-state index in [-0.39, 0.29) is 6.04 Å². The van der Waals surface area contributed by atoms with E-state index in [0.29, 0.717) is 0 Å². The molecule has 1 aromatic heterocycles. The molecule has 0 spiro atoms. The van der Waals surface area contributed by atoms with Crippen molar-refractivity contribution in [3.63, 3.8) is 0 Å². The Balaban J connectivity index is 2.91. The molecule has 0 aliphatic rings. The number of aromatic nitrogens is 1. The van der Waals surface area contributed by atoms with E-state index in [0.717, 1.165) is 5.13 Å². The molecular weight excluding hydrogens is 200 g/mol. The van der Waals surface area contributed by atoms with Crippen LogP contribution in [0.2, 0.25) is 0 Å². The Labute approximate surface area is 87.2 Å². The van der Waals surface area contributed by atoms with Crippen molar-refractivity contribution in [1.29, 1.82) is 0 Å². The molecule has 78 valence electrons. The first-order valence-electron chi connectivity index (χ1n) is 4.44. The summed E-state index contributed by atoms with van der Waals surface area (Å²) in [6.07, 6.45) is 1.68. The standard InChI is InChI=1S/C9H14N2O2S/c1-6(2)11(7(3)8(12)13)9-10-4-5-14-9/h4-7H,1-3H3,(H,12,13). The quantitative estimate of drug-likeness (QED) is 0.830. The van der Waals surface area contributed by atoms with E-state index < -0.39 is 12.0 Å². The molecule has 0 aliphatic heterocycles. The molecule has 0 aromatic carbocycles. The van der Waals surface area contributed by atoms with E-state index in [9.17, 15) is 4.79 Å². The highest BCUT2D eigenvalue weighted by atomic mass is 32.1. The van der Waals surface area contributed by atoms with Gasteiger partial charge in [-0.25, -0.2) is 9.78 Å². The second kappa shape index (κ2) is 4.41. The molecule has 1 aromatic rings. The zero-order valence-corrected chi connectivity index (χ0v) is 9.28. The molecule has 0 fully saturated rings. The normalized spacial score (nSPS) is 12.9. The number of carboxylic acids is 1. The third kappa shape index (κ3) is 2.23. The number of thiazole rings is 1. The van der Waals surface area contributed by atoms with E-state index in [4.69, 9.17) is 5.11 Å². The predicted molar refractivity (Wildman–Crippen MR) is 56.8 cm³/mol. The van der Waals surface area contributed by atoms with Crippen molar-refractivity contribution in [1.82, 2.24) is 4.98 Å². The van der Waals surface area contributed by atoms with Crippen LogP contribution in [0.4, 0.5) is 5.13 Å². The first-order chi connectivity index (χ1) is 6.54. The highest BCUT2D eigenvalue weighted by Gasteiger charge is 2.24. The Morgan fingerprint density at radius 2 is 2.21 bits per heavy atom. The maximum atomic E-state index is 10.9. The maximum Gasteiger partial charge on any atom is 0.326 e. The predicted octanol–water partition coefficient (Wildman–Crippen LogP) is 1.83. The lowest BCUT2D eigenvalue weighted by atomic mass is 10.2. The molecule has 0 saturated carbocycles. The van der Waals surface area contributed by atoms with Gasteiger partial charge in [0.15, 0.2) is 5.13 Å². The molecule has 1 N–H and O–H groups in total. The van der Waals surface area contributed by atoms with Crippen molar-refractivity contribution >= 4 is 22.4 Å². The fourth-order valence-electron chi connectivity index (χ4n) is 1.30. The zero-order chi connectivity index (χ0) is 10.7. The molecule has 0 aliphatic carbocycles. The first-order valence-corrected chi connectivity index (χ1v) is 5.32. The number of anilines is 1. The van der Waals surface area contributed by atoms with Gasteiger partial charge in [0.1, 0.15) is 6.04 Å². The highest BCUT2D eigenvalue weighted by molar-refractivity contribution is 7.13. The fourth-order valence-corrected chi connectivity index (χ4v) is 2.15. The average Bonchev–Trinajstić information content (AvgIpc) is 2.56. The molecule has 1 atom stereocenters. The van der Waals surface area contributed by atoms with Gasteiger partial charge in [0, 0.05) is 17.6 Å². The Morgan fingerprint density at radius 3 is 2.57 bits per heavy atom. The van der Waals surface area contributed by atoms with E-state index in [1.54, 1.807) is 18.0 Å². The molecule has 5 heteroatoms. The lowest BCUT2D eigenvalue weighted by molar-refractivity contribution is -0.138. The van der Waals surface area contributed by atoms with Gasteiger partial charge in [0.25, 0.3) is 0 Å². The molecule has 1 unspecified atom stereocenters. The van der Waals surface area contributed by atoms with Crippen molar-refractivity contribution in [3.05, 3.63) is 11.6 Å². The van der Waals surface area contributed by atoms with Gasteiger partial charge in [0.05, 0.1) is 0 Å². The van der Waals surface area contributed by atoms with Crippen molar-refractivity contribution in [2.45, 2.75) is 32.9 Å². The molecule has 1 rings (SSSR count). The summed E-state index contributed by atoms with van der Waals surface area (Å²) < 4.78 is 0. The van der Waals surface area contributed by atoms with Gasteiger partial charge in [-0.05, 0) is 20.8 Å². The second-order valence-corrected chi connectivity index (χ2v) is 4.20. The molecule has 14 heavy (non-hydrogen) atoms. The highest BCUT2D eigenvalue weighted by Crippen LogP contribution is 2.22. The Bertz CT molecular complexity index is 298. The monoisotopic (exact) mass is 214 g/mol. The van der Waals surface area contributed by atoms with E-state index in [1.807, 2.05) is 19.2 Å². The van der Waals surface area contributed by atoms with Crippen molar-refractivity contribution in [3.8, 4) is 0 Å². The van der Waals surface area contributed by atoms with Crippen LogP contribution in [-0.4, -0.2) is 28.1 Å². The molecule has 0 saturated heterocycles. The number of aliphatic carboxylic acids is 1. The molecular formula is C9H14N2O2S. The zero-order valence-electron chi connectivity index (χ0n) is 8.47. The molecule has 1 heterocycles. The molecule has 0 bridgehead atoms. The summed E-state index contributed by atoms with van der Waals surface area (Å²) in [6.45, 7) is 5.59. The fraction of sp³-hybridized carbons (Fsp3) is 0.556. The minimum Gasteiger partial charge on any atom is -0.480 e. The smallest absolute Gasteiger partial charge is 0.326 e. The van der Waals surface area contributed by atoms with Crippen LogP contribution in [0, 0.1) is 0 Å². The van der Waals surface area contributed by atoms with Crippen molar-refractivity contribution in [2.24, 2.45) is 0 Å². The first kappa shape index (κ1) is 11.0. The Hall–Kier alpha value is -1.10. The minimum atomic E-state index is -0.825. The number of carboxylic acid groups (broad SMARTS) is 1. The summed E-state index contributed by atoms with van der Waals surface area (Å²) >= 11 is 1.46. The van der Waals surface area contributed by atoms with Crippen LogP contribution in [-0.2, 0) is 4.79 Å². The van der Waals surface area contributed by atoms with Gasteiger partial charge in [-0.1, -0.05) is 0 Å². The Kier molecular flexibility index (Phi) is 3.46. The third-order valence-electron chi connectivity index (χ3n) is 1.97. The van der Waals surface area contributed by atoms with Gasteiger partial charge < -0.3 is 10.0 Å². The van der Waals surface area contributed by atoms with Crippen LogP contribution >= 0.6 is 11.3 Å². The van der Waals surface area contributed by atoms with E-state index in [1.165, 1.54) is 11.3 Å². The average molecular weight is 214 g/mol. The number of hydrogen-bond acceptors (Lipinski definition) is 4. The van der Waals surface area contributed by atoms with Gasteiger partial charge in [-0.2, -0.15) is 0 Å². The third-order valence-corrected chi connectivity index (χ3v) is 2.76. The number of hydrogen-bond donors (Lipinski definition) is 1. The largest absolute Gasteiger partial charge is 0.480 e. The van der Waals surface area contributed by atoms with Crippen LogP contribution < -0.4 is 4.90 Å². The van der Waals surface area contributed by atoms with Crippen LogP contribution in [0.25, 0.3) is 0 Å². The van der Waals surface area contributed by atoms with Gasteiger partial charge in [0.2, 0.25) is 0 Å². The summed E-state index contributed by atoms with van der Waals surface area (Å²) in [5, 5.41) is 11.5. The van der Waals surface area contributed by atoms with Crippen LogP contribution in [0.3, 0.4) is 0 Å². The summed E-state index contributed by atoms with van der Waals surface area (Å²) in [6, 6.07) is -0.409. The maximum absolute atomic E-state index is 10.9. The number of rotatable bonds is 4. The number of nitrogens with zero attached hydrogens (tertiary/aromatic N) is 2.